The Morgan fingerprint density at radius 1 is 1.29 bits per heavy atom. The molecule has 3 heteroatoms. The molecule has 1 aromatic carbocycles. The Morgan fingerprint density at radius 3 is 2.92 bits per heavy atom. The molecule has 24 heavy (non-hydrogen) atoms. The summed E-state index contributed by atoms with van der Waals surface area (Å²) in [6.45, 7) is 3.58. The maximum atomic E-state index is 12.3. The van der Waals surface area contributed by atoms with Crippen LogP contribution in [0.2, 0.25) is 0 Å². The Hall–Kier alpha value is -1.35. The van der Waals surface area contributed by atoms with Crippen molar-refractivity contribution in [2.45, 2.75) is 50.4 Å². The number of hydrogen-bond donors (Lipinski definition) is 0. The van der Waals surface area contributed by atoms with Crippen molar-refractivity contribution >= 4 is 5.78 Å². The molecule has 0 N–H and O–H groups in total. The first-order valence-electron chi connectivity index (χ1n) is 9.58. The predicted octanol–water partition coefficient (Wildman–Crippen LogP) is 3.81. The van der Waals surface area contributed by atoms with E-state index in [1.54, 1.807) is 7.11 Å². The molecule has 3 fully saturated rings. The zero-order valence-corrected chi connectivity index (χ0v) is 14.8. The van der Waals surface area contributed by atoms with E-state index in [9.17, 15) is 4.79 Å². The lowest BCUT2D eigenvalue weighted by molar-refractivity contribution is -0.125. The van der Waals surface area contributed by atoms with Crippen LogP contribution in [0.15, 0.2) is 24.3 Å². The summed E-state index contributed by atoms with van der Waals surface area (Å²) in [5, 5.41) is 0. The van der Waals surface area contributed by atoms with Gasteiger partial charge in [0.1, 0.15) is 11.5 Å². The highest BCUT2D eigenvalue weighted by Crippen LogP contribution is 2.48. The number of ether oxygens (including phenoxy) is 1. The van der Waals surface area contributed by atoms with Gasteiger partial charge in [-0.1, -0.05) is 18.6 Å². The van der Waals surface area contributed by atoms with E-state index in [1.807, 2.05) is 6.07 Å². The molecule has 0 spiro atoms. The van der Waals surface area contributed by atoms with Crippen molar-refractivity contribution in [2.75, 3.05) is 26.7 Å². The monoisotopic (exact) mass is 327 g/mol. The van der Waals surface area contributed by atoms with Gasteiger partial charge in [0.2, 0.25) is 0 Å². The summed E-state index contributed by atoms with van der Waals surface area (Å²) >= 11 is 0. The van der Waals surface area contributed by atoms with Crippen LogP contribution in [0.5, 0.6) is 5.75 Å². The first kappa shape index (κ1) is 16.1. The highest BCUT2D eigenvalue weighted by molar-refractivity contribution is 5.81. The lowest BCUT2D eigenvalue weighted by Gasteiger charge is -2.51. The highest BCUT2D eigenvalue weighted by atomic mass is 16.5. The molecule has 0 amide bonds. The van der Waals surface area contributed by atoms with Crippen LogP contribution < -0.4 is 4.74 Å². The van der Waals surface area contributed by atoms with Gasteiger partial charge < -0.3 is 9.64 Å². The third-order valence-corrected chi connectivity index (χ3v) is 6.80. The van der Waals surface area contributed by atoms with Gasteiger partial charge >= 0.3 is 0 Å². The van der Waals surface area contributed by atoms with E-state index >= 15 is 0 Å². The van der Waals surface area contributed by atoms with Gasteiger partial charge in [-0.15, -0.1) is 0 Å². The summed E-state index contributed by atoms with van der Waals surface area (Å²) in [7, 11) is 1.72. The molecule has 1 aliphatic heterocycles. The fraction of sp³-hybridized carbons (Fsp3) is 0.667. The van der Waals surface area contributed by atoms with Crippen molar-refractivity contribution < 1.29 is 9.53 Å². The van der Waals surface area contributed by atoms with Gasteiger partial charge in [-0.2, -0.15) is 0 Å². The molecule has 0 radical (unpaired) electrons. The van der Waals surface area contributed by atoms with Gasteiger partial charge in [0.05, 0.1) is 7.11 Å². The second-order valence-corrected chi connectivity index (χ2v) is 8.15. The van der Waals surface area contributed by atoms with E-state index in [2.05, 4.69) is 23.1 Å². The van der Waals surface area contributed by atoms with Crippen molar-refractivity contribution in [1.29, 1.82) is 0 Å². The number of Topliss-reactive ketones (excluding diaryl/α,β-unsaturated/α-hetero) is 1. The predicted molar refractivity (Wildman–Crippen MR) is 95.4 cm³/mol. The van der Waals surface area contributed by atoms with Crippen molar-refractivity contribution in [3.8, 4) is 5.75 Å². The molecular formula is C21H29NO2. The molecule has 0 unspecified atom stereocenters. The number of fused-ring (bicyclic) bond motifs is 1. The number of nitrogens with zero attached hydrogens (tertiary/aromatic N) is 1. The minimum Gasteiger partial charge on any atom is -0.497 e. The maximum Gasteiger partial charge on any atom is 0.133 e. The number of carbonyl (C=O) groups excluding carboxylic acids is 1. The van der Waals surface area contributed by atoms with Crippen LogP contribution in [0.3, 0.4) is 0 Å². The zero-order valence-electron chi connectivity index (χ0n) is 14.8. The van der Waals surface area contributed by atoms with E-state index in [0.717, 1.165) is 43.9 Å². The minimum absolute atomic E-state index is 0.0417. The van der Waals surface area contributed by atoms with Crippen molar-refractivity contribution in [3.63, 3.8) is 0 Å². The molecule has 2 atom stereocenters. The molecule has 3 aliphatic rings. The standard InChI is InChI=1S/C21H29NO2/c1-24-20-7-3-6-17(12-20)21-10-11-22(14-16-4-2-5-16)15-18(21)8-9-19(23)13-21/h3,6-7,12,16,18H,2,4-5,8-11,13-15H2,1H3/t18-,21-/m1/s1. The number of likely N-dealkylation sites (tertiary alicyclic amines) is 1. The van der Waals surface area contributed by atoms with Crippen LogP contribution in [0.25, 0.3) is 0 Å². The van der Waals surface area contributed by atoms with Gasteiger partial charge in [0.25, 0.3) is 0 Å². The Bertz CT molecular complexity index is 610. The Kier molecular flexibility index (Phi) is 4.38. The molecule has 1 saturated heterocycles. The Morgan fingerprint density at radius 2 is 2.17 bits per heavy atom. The average molecular weight is 327 g/mol. The first-order valence-corrected chi connectivity index (χ1v) is 9.58. The molecule has 0 aromatic heterocycles. The van der Waals surface area contributed by atoms with Crippen LogP contribution >= 0.6 is 0 Å². The summed E-state index contributed by atoms with van der Waals surface area (Å²) in [4.78, 5) is 15.0. The first-order chi connectivity index (χ1) is 11.7. The Balaban J connectivity index is 1.58. The quantitative estimate of drug-likeness (QED) is 0.842. The van der Waals surface area contributed by atoms with E-state index in [0.29, 0.717) is 11.7 Å². The van der Waals surface area contributed by atoms with Gasteiger partial charge in [-0.05, 0) is 61.8 Å². The number of methoxy groups -OCH3 is 1. The summed E-state index contributed by atoms with van der Waals surface area (Å²) in [5.41, 5.74) is 1.36. The van der Waals surface area contributed by atoms with Crippen LogP contribution in [0, 0.1) is 11.8 Å². The van der Waals surface area contributed by atoms with Crippen LogP contribution in [-0.2, 0) is 10.2 Å². The van der Waals surface area contributed by atoms with Gasteiger partial charge in [0, 0.05) is 31.3 Å². The lowest BCUT2D eigenvalue weighted by atomic mass is 9.58. The number of carbonyl (C=O) groups is 1. The summed E-state index contributed by atoms with van der Waals surface area (Å²) < 4.78 is 5.45. The molecule has 4 rings (SSSR count). The largest absolute Gasteiger partial charge is 0.497 e. The second-order valence-electron chi connectivity index (χ2n) is 8.15. The molecule has 130 valence electrons. The summed E-state index contributed by atoms with van der Waals surface area (Å²) in [6.07, 6.45) is 7.92. The smallest absolute Gasteiger partial charge is 0.133 e. The molecule has 2 saturated carbocycles. The van der Waals surface area contributed by atoms with E-state index in [4.69, 9.17) is 4.74 Å². The highest BCUT2D eigenvalue weighted by Gasteiger charge is 2.48. The number of piperidine rings is 1. The minimum atomic E-state index is 0.0417. The molecule has 2 aliphatic carbocycles. The van der Waals surface area contributed by atoms with Crippen LogP contribution in [-0.4, -0.2) is 37.4 Å². The van der Waals surface area contributed by atoms with Gasteiger partial charge in [-0.25, -0.2) is 0 Å². The number of rotatable bonds is 4. The average Bonchev–Trinajstić information content (AvgIpc) is 2.58. The van der Waals surface area contributed by atoms with Gasteiger partial charge in [-0.3, -0.25) is 4.79 Å². The SMILES string of the molecule is COc1cccc([C@]23CCN(CC4CCC4)C[C@H]2CCC(=O)C3)c1. The van der Waals surface area contributed by atoms with Gasteiger partial charge in [0.15, 0.2) is 0 Å². The molecular weight excluding hydrogens is 298 g/mol. The molecule has 0 bridgehead atoms. The second kappa shape index (κ2) is 6.51. The van der Waals surface area contributed by atoms with Crippen LogP contribution in [0.4, 0.5) is 0 Å². The number of hydrogen-bond acceptors (Lipinski definition) is 3. The maximum absolute atomic E-state index is 12.3. The summed E-state index contributed by atoms with van der Waals surface area (Å²) in [5.74, 6) is 2.90. The summed E-state index contributed by atoms with van der Waals surface area (Å²) in [6, 6.07) is 8.48. The molecule has 3 nitrogen and oxygen atoms in total. The topological polar surface area (TPSA) is 29.5 Å². The zero-order chi connectivity index (χ0) is 16.6. The number of ketones is 1. The fourth-order valence-electron chi connectivity index (χ4n) is 5.14. The third kappa shape index (κ3) is 2.88. The number of benzene rings is 1. The third-order valence-electron chi connectivity index (χ3n) is 6.80. The fourth-order valence-corrected chi connectivity index (χ4v) is 5.14. The van der Waals surface area contributed by atoms with E-state index in [1.165, 1.54) is 37.9 Å². The van der Waals surface area contributed by atoms with Crippen molar-refractivity contribution in [3.05, 3.63) is 29.8 Å². The Labute approximate surface area is 145 Å². The molecule has 1 aromatic rings. The molecule has 1 heterocycles. The van der Waals surface area contributed by atoms with Crippen molar-refractivity contribution in [1.82, 2.24) is 4.90 Å². The van der Waals surface area contributed by atoms with E-state index < -0.39 is 0 Å². The van der Waals surface area contributed by atoms with Crippen molar-refractivity contribution in [2.24, 2.45) is 11.8 Å². The normalized spacial score (nSPS) is 31.4. The van der Waals surface area contributed by atoms with E-state index in [-0.39, 0.29) is 5.41 Å². The van der Waals surface area contributed by atoms with Crippen LogP contribution in [0.1, 0.15) is 50.5 Å². The lowest BCUT2D eigenvalue weighted by Crippen LogP contribution is -2.54.